The molecule has 4 rings (SSSR count). The standard InChI is InChI=1S/C17H14N4O/c18-8-15-17(20-12-9-19-10-12)22-16(21-15)14-7-3-5-11-4-1-2-6-13(11)14/h1-7,12,19-20H,9-10H2. The van der Waals surface area contributed by atoms with Gasteiger partial charge in [0.1, 0.15) is 6.07 Å². The van der Waals surface area contributed by atoms with Gasteiger partial charge in [-0.1, -0.05) is 36.4 Å². The fourth-order valence-corrected chi connectivity index (χ4v) is 2.60. The molecule has 1 aromatic heterocycles. The first-order chi connectivity index (χ1) is 10.8. The maximum Gasteiger partial charge on any atom is 0.232 e. The van der Waals surface area contributed by atoms with Crippen molar-refractivity contribution in [3.8, 4) is 17.5 Å². The maximum atomic E-state index is 9.27. The quantitative estimate of drug-likeness (QED) is 0.776. The molecule has 5 nitrogen and oxygen atoms in total. The Kier molecular flexibility index (Phi) is 3.02. The summed E-state index contributed by atoms with van der Waals surface area (Å²) < 4.78 is 5.83. The van der Waals surface area contributed by atoms with Crippen molar-refractivity contribution in [2.45, 2.75) is 6.04 Å². The van der Waals surface area contributed by atoms with Gasteiger partial charge in [0.2, 0.25) is 17.5 Å². The summed E-state index contributed by atoms with van der Waals surface area (Å²) in [5, 5.41) is 17.8. The van der Waals surface area contributed by atoms with Crippen molar-refractivity contribution < 1.29 is 4.42 Å². The number of fused-ring (bicyclic) bond motifs is 1. The molecule has 1 saturated heterocycles. The van der Waals surface area contributed by atoms with Crippen LogP contribution in [-0.2, 0) is 0 Å². The van der Waals surface area contributed by atoms with Crippen LogP contribution < -0.4 is 10.6 Å². The third-order valence-corrected chi connectivity index (χ3v) is 3.87. The molecule has 0 amide bonds. The maximum absolute atomic E-state index is 9.27. The van der Waals surface area contributed by atoms with Crippen LogP contribution in [0.4, 0.5) is 5.88 Å². The Morgan fingerprint density at radius 3 is 2.77 bits per heavy atom. The van der Waals surface area contributed by atoms with Crippen molar-refractivity contribution in [2.75, 3.05) is 18.4 Å². The zero-order valence-corrected chi connectivity index (χ0v) is 11.8. The lowest BCUT2D eigenvalue weighted by Crippen LogP contribution is -2.51. The molecule has 2 aromatic carbocycles. The third kappa shape index (κ3) is 2.10. The normalized spacial score (nSPS) is 14.5. The third-order valence-electron chi connectivity index (χ3n) is 3.87. The van der Waals surface area contributed by atoms with Crippen LogP contribution in [0, 0.1) is 11.3 Å². The van der Waals surface area contributed by atoms with Gasteiger partial charge in [-0.2, -0.15) is 10.2 Å². The summed E-state index contributed by atoms with van der Waals surface area (Å²) in [7, 11) is 0. The monoisotopic (exact) mass is 290 g/mol. The van der Waals surface area contributed by atoms with Crippen LogP contribution in [-0.4, -0.2) is 24.1 Å². The van der Waals surface area contributed by atoms with E-state index < -0.39 is 0 Å². The number of hydrogen-bond acceptors (Lipinski definition) is 5. The fourth-order valence-electron chi connectivity index (χ4n) is 2.60. The fraction of sp³-hybridized carbons (Fsp3) is 0.176. The van der Waals surface area contributed by atoms with E-state index >= 15 is 0 Å². The highest BCUT2D eigenvalue weighted by atomic mass is 16.4. The molecule has 0 aliphatic carbocycles. The molecule has 108 valence electrons. The molecule has 2 heterocycles. The van der Waals surface area contributed by atoms with Crippen LogP contribution in [0.5, 0.6) is 0 Å². The van der Waals surface area contributed by atoms with Crippen LogP contribution in [0.2, 0.25) is 0 Å². The molecular formula is C17H14N4O. The van der Waals surface area contributed by atoms with Gasteiger partial charge in [-0.3, -0.25) is 0 Å². The van der Waals surface area contributed by atoms with Crippen LogP contribution >= 0.6 is 0 Å². The molecule has 3 aromatic rings. The molecule has 1 fully saturated rings. The second kappa shape index (κ2) is 5.17. The zero-order chi connectivity index (χ0) is 14.9. The molecule has 0 atom stereocenters. The highest BCUT2D eigenvalue weighted by Crippen LogP contribution is 2.31. The Balaban J connectivity index is 1.79. The Hall–Kier alpha value is -2.84. The van der Waals surface area contributed by atoms with E-state index in [0.717, 1.165) is 29.4 Å². The largest absolute Gasteiger partial charge is 0.419 e. The van der Waals surface area contributed by atoms with Gasteiger partial charge in [0, 0.05) is 18.7 Å². The number of benzene rings is 2. The highest BCUT2D eigenvalue weighted by molar-refractivity contribution is 5.94. The lowest BCUT2D eigenvalue weighted by atomic mass is 10.0. The molecule has 1 aliphatic heterocycles. The van der Waals surface area contributed by atoms with E-state index in [-0.39, 0.29) is 0 Å². The average Bonchev–Trinajstić information content (AvgIpc) is 2.93. The predicted molar refractivity (Wildman–Crippen MR) is 84.4 cm³/mol. The highest BCUT2D eigenvalue weighted by Gasteiger charge is 2.22. The van der Waals surface area contributed by atoms with E-state index in [2.05, 4.69) is 21.7 Å². The SMILES string of the molecule is N#Cc1nc(-c2cccc3ccccc23)oc1NC1CNC1. The van der Waals surface area contributed by atoms with Crippen molar-refractivity contribution in [3.05, 3.63) is 48.2 Å². The van der Waals surface area contributed by atoms with Crippen LogP contribution in [0.15, 0.2) is 46.9 Å². The molecule has 0 saturated carbocycles. The van der Waals surface area contributed by atoms with Crippen molar-refractivity contribution in [3.63, 3.8) is 0 Å². The van der Waals surface area contributed by atoms with Gasteiger partial charge in [0.15, 0.2) is 0 Å². The smallest absolute Gasteiger partial charge is 0.232 e. The first kappa shape index (κ1) is 12.9. The van der Waals surface area contributed by atoms with Crippen molar-refractivity contribution in [1.29, 1.82) is 5.26 Å². The molecule has 0 spiro atoms. The van der Waals surface area contributed by atoms with Crippen LogP contribution in [0.25, 0.3) is 22.2 Å². The molecule has 1 aliphatic rings. The van der Waals surface area contributed by atoms with E-state index in [1.807, 2.05) is 42.5 Å². The number of anilines is 1. The van der Waals surface area contributed by atoms with Crippen LogP contribution in [0.3, 0.4) is 0 Å². The van der Waals surface area contributed by atoms with Gasteiger partial charge in [-0.25, -0.2) is 0 Å². The minimum atomic E-state index is 0.292. The Morgan fingerprint density at radius 2 is 2.00 bits per heavy atom. The minimum Gasteiger partial charge on any atom is -0.419 e. The molecule has 0 radical (unpaired) electrons. The van der Waals surface area contributed by atoms with E-state index in [1.54, 1.807) is 0 Å². The summed E-state index contributed by atoms with van der Waals surface area (Å²) in [5.74, 6) is 0.931. The Labute approximate surface area is 127 Å². The van der Waals surface area contributed by atoms with Crippen molar-refractivity contribution >= 4 is 16.7 Å². The van der Waals surface area contributed by atoms with E-state index in [0.29, 0.717) is 23.5 Å². The molecule has 0 unspecified atom stereocenters. The van der Waals surface area contributed by atoms with Crippen molar-refractivity contribution in [2.24, 2.45) is 0 Å². The summed E-state index contributed by atoms with van der Waals surface area (Å²) >= 11 is 0. The molecule has 0 bridgehead atoms. The summed E-state index contributed by atoms with van der Waals surface area (Å²) in [4.78, 5) is 4.35. The second-order valence-electron chi connectivity index (χ2n) is 5.33. The van der Waals surface area contributed by atoms with E-state index in [1.165, 1.54) is 0 Å². The number of nitrogens with zero attached hydrogens (tertiary/aromatic N) is 2. The van der Waals surface area contributed by atoms with E-state index in [4.69, 9.17) is 4.42 Å². The zero-order valence-electron chi connectivity index (χ0n) is 11.8. The van der Waals surface area contributed by atoms with E-state index in [9.17, 15) is 5.26 Å². The summed E-state index contributed by atoms with van der Waals surface area (Å²) in [6.45, 7) is 1.74. The number of oxazole rings is 1. The molecule has 22 heavy (non-hydrogen) atoms. The summed E-state index contributed by atoms with van der Waals surface area (Å²) in [6.07, 6.45) is 0. The molecule has 2 N–H and O–H groups in total. The first-order valence-electron chi connectivity index (χ1n) is 7.21. The predicted octanol–water partition coefficient (Wildman–Crippen LogP) is 2.75. The minimum absolute atomic E-state index is 0.292. The van der Waals surface area contributed by atoms with Gasteiger partial charge >= 0.3 is 0 Å². The number of nitrogens with one attached hydrogen (secondary N) is 2. The van der Waals surface area contributed by atoms with Crippen LogP contribution in [0.1, 0.15) is 5.69 Å². The molecular weight excluding hydrogens is 276 g/mol. The lowest BCUT2D eigenvalue weighted by molar-refractivity contribution is 0.457. The number of hydrogen-bond donors (Lipinski definition) is 2. The van der Waals surface area contributed by atoms with Gasteiger partial charge in [-0.05, 0) is 16.8 Å². The Bertz CT molecular complexity index is 868. The van der Waals surface area contributed by atoms with Crippen molar-refractivity contribution in [1.82, 2.24) is 10.3 Å². The summed E-state index contributed by atoms with van der Waals surface area (Å²) in [6, 6.07) is 16.4. The summed E-state index contributed by atoms with van der Waals surface area (Å²) in [5.41, 5.74) is 1.20. The average molecular weight is 290 g/mol. The first-order valence-corrected chi connectivity index (χ1v) is 7.21. The number of aromatic nitrogens is 1. The van der Waals surface area contributed by atoms with Gasteiger partial charge in [0.25, 0.3) is 0 Å². The molecule has 5 heteroatoms. The second-order valence-corrected chi connectivity index (χ2v) is 5.33. The topological polar surface area (TPSA) is 73.9 Å². The number of rotatable bonds is 3. The van der Waals surface area contributed by atoms with Gasteiger partial charge in [0.05, 0.1) is 6.04 Å². The number of nitriles is 1. The Morgan fingerprint density at radius 1 is 1.18 bits per heavy atom. The van der Waals surface area contributed by atoms with Gasteiger partial charge in [-0.15, -0.1) is 0 Å². The lowest BCUT2D eigenvalue weighted by Gasteiger charge is -2.27. The van der Waals surface area contributed by atoms with Gasteiger partial charge < -0.3 is 15.1 Å².